The van der Waals surface area contributed by atoms with E-state index in [9.17, 15) is 13.2 Å². The Bertz CT molecular complexity index is 1210. The van der Waals surface area contributed by atoms with Gasteiger partial charge in [0.2, 0.25) is 5.01 Å². The first-order valence-electron chi connectivity index (χ1n) is 11.1. The van der Waals surface area contributed by atoms with Crippen LogP contribution in [0.25, 0.3) is 0 Å². The highest BCUT2D eigenvalue weighted by Gasteiger charge is 2.39. The van der Waals surface area contributed by atoms with Crippen molar-refractivity contribution in [2.75, 3.05) is 32.0 Å². The number of halogens is 3. The molecule has 3 heterocycles. The summed E-state index contributed by atoms with van der Waals surface area (Å²) in [4.78, 5) is 13.2. The van der Waals surface area contributed by atoms with Gasteiger partial charge in [0, 0.05) is 37.8 Å². The second-order valence-electron chi connectivity index (χ2n) is 8.59. The molecule has 0 spiro atoms. The van der Waals surface area contributed by atoms with Gasteiger partial charge in [-0.3, -0.25) is 4.90 Å². The number of fused-ring (bicyclic) bond motifs is 2. The van der Waals surface area contributed by atoms with Gasteiger partial charge in [-0.05, 0) is 49.7 Å². The van der Waals surface area contributed by atoms with Gasteiger partial charge in [0.05, 0.1) is 11.4 Å². The van der Waals surface area contributed by atoms with Crippen LogP contribution in [-0.4, -0.2) is 58.4 Å². The molecule has 178 valence electrons. The largest absolute Gasteiger partial charge is 0.593 e. The smallest absolute Gasteiger partial charge is 0.443 e. The van der Waals surface area contributed by atoms with E-state index in [1.54, 1.807) is 12.1 Å². The number of likely N-dealkylation sites (N-methyl/N-ethyl adjacent to an activating group) is 1. The number of hydrogen-bond acceptors (Lipinski definition) is 6. The molecule has 1 aromatic heterocycles. The summed E-state index contributed by atoms with van der Waals surface area (Å²) < 4.78 is 40.5. The maximum Gasteiger partial charge on any atom is 0.443 e. The lowest BCUT2D eigenvalue weighted by atomic mass is 10.0. The highest BCUT2D eigenvalue weighted by molar-refractivity contribution is 7.16. The first-order valence-corrected chi connectivity index (χ1v) is 11.9. The van der Waals surface area contributed by atoms with Gasteiger partial charge in [-0.15, -0.1) is 0 Å². The predicted octanol–water partition coefficient (Wildman–Crippen LogP) is 4.98. The number of nitrogens with zero attached hydrogens (tertiary/aromatic N) is 4. The summed E-state index contributed by atoms with van der Waals surface area (Å²) in [6.45, 7) is 2.07. The fourth-order valence-electron chi connectivity index (χ4n) is 4.32. The summed E-state index contributed by atoms with van der Waals surface area (Å²) in [6, 6.07) is 15.1. The quantitative estimate of drug-likeness (QED) is 0.528. The summed E-state index contributed by atoms with van der Waals surface area (Å²) in [5.74, 6) is 0.970. The number of rotatable bonds is 3. The van der Waals surface area contributed by atoms with Crippen LogP contribution in [0.4, 0.5) is 29.5 Å². The van der Waals surface area contributed by atoms with Crippen molar-refractivity contribution < 1.29 is 18.3 Å². The molecule has 5 rings (SSSR count). The number of aromatic nitrogens is 1. The Morgan fingerprint density at radius 3 is 2.65 bits per heavy atom. The van der Waals surface area contributed by atoms with Gasteiger partial charge in [0.25, 0.3) is 5.75 Å². The van der Waals surface area contributed by atoms with Crippen molar-refractivity contribution in [1.29, 1.82) is 0 Å². The Morgan fingerprint density at radius 1 is 1.12 bits per heavy atom. The zero-order valence-electron chi connectivity index (χ0n) is 18.6. The zero-order chi connectivity index (χ0) is 23.9. The maximum absolute atomic E-state index is 13.5. The molecule has 2 aromatic carbocycles. The van der Waals surface area contributed by atoms with Crippen LogP contribution in [0.1, 0.15) is 22.7 Å². The predicted molar refractivity (Wildman–Crippen MR) is 129 cm³/mol. The second kappa shape index (κ2) is 8.92. The van der Waals surface area contributed by atoms with Crippen LogP contribution in [0.15, 0.2) is 53.5 Å². The van der Waals surface area contributed by atoms with Gasteiger partial charge < -0.3 is 15.3 Å². The minimum atomic E-state index is -4.51. The monoisotopic (exact) mass is 488 g/mol. The Labute approximate surface area is 199 Å². The summed E-state index contributed by atoms with van der Waals surface area (Å²) >= 11 is 0.616. The third kappa shape index (κ3) is 4.60. The molecular weight excluding hydrogens is 463 g/mol. The van der Waals surface area contributed by atoms with Gasteiger partial charge in [0.1, 0.15) is 10.7 Å². The number of hydrogen-bond donors (Lipinski definition) is 1. The lowest BCUT2D eigenvalue weighted by Crippen LogP contribution is -2.53. The van der Waals surface area contributed by atoms with Crippen LogP contribution in [0, 0.1) is 0 Å². The average molecular weight is 489 g/mol. The lowest BCUT2D eigenvalue weighted by molar-refractivity contribution is -0.137. The van der Waals surface area contributed by atoms with E-state index in [0.717, 1.165) is 19.4 Å². The number of nitrogens with one attached hydrogen (secondary N) is 1. The highest BCUT2D eigenvalue weighted by Crippen LogP contribution is 2.42. The molecule has 10 heteroatoms. The topological polar surface area (TPSA) is 66.7 Å². The molecular formula is C24H25F3N5OS+. The first-order chi connectivity index (χ1) is 16.3. The Hall–Kier alpha value is -3.11. The molecule has 0 aliphatic carbocycles. The maximum atomic E-state index is 13.5. The van der Waals surface area contributed by atoms with Gasteiger partial charge in [-0.25, -0.2) is 9.98 Å². The van der Waals surface area contributed by atoms with Crippen molar-refractivity contribution in [1.82, 2.24) is 14.8 Å². The number of piperazine rings is 1. The van der Waals surface area contributed by atoms with Crippen molar-refractivity contribution in [3.05, 3.63) is 64.8 Å². The molecule has 2 aliphatic heterocycles. The summed E-state index contributed by atoms with van der Waals surface area (Å²) in [5, 5.41) is 10.3. The number of aliphatic imine (C=N–C) groups is 1. The Balaban J connectivity index is 1.44. The van der Waals surface area contributed by atoms with Crippen molar-refractivity contribution in [3.8, 4) is 5.75 Å². The van der Waals surface area contributed by atoms with Crippen LogP contribution in [0.5, 0.6) is 5.75 Å². The van der Waals surface area contributed by atoms with Crippen LogP contribution in [0.2, 0.25) is 0 Å². The number of amidine groups is 1. The van der Waals surface area contributed by atoms with Gasteiger partial charge in [-0.1, -0.05) is 23.5 Å². The fraction of sp³-hybridized carbons (Fsp3) is 0.333. The highest BCUT2D eigenvalue weighted by atomic mass is 32.1. The van der Waals surface area contributed by atoms with E-state index >= 15 is 0 Å². The molecule has 3 aromatic rings. The minimum absolute atomic E-state index is 0.211. The van der Waals surface area contributed by atoms with E-state index in [1.165, 1.54) is 5.56 Å². The number of benzene rings is 2. The molecule has 0 amide bonds. The van der Waals surface area contributed by atoms with Gasteiger partial charge in [0.15, 0.2) is 5.84 Å². The van der Waals surface area contributed by atoms with Gasteiger partial charge in [-0.2, -0.15) is 13.2 Å². The molecule has 6 nitrogen and oxygen atoms in total. The first kappa shape index (κ1) is 22.7. The van der Waals surface area contributed by atoms with Crippen molar-refractivity contribution in [2.45, 2.75) is 25.1 Å². The third-order valence-corrected chi connectivity index (χ3v) is 7.27. The van der Waals surface area contributed by atoms with E-state index in [0.29, 0.717) is 52.4 Å². The molecule has 0 saturated carbocycles. The molecule has 0 bridgehead atoms. The molecule has 2 aliphatic rings. The van der Waals surface area contributed by atoms with Crippen molar-refractivity contribution in [3.63, 3.8) is 0 Å². The number of thiazole rings is 1. The van der Waals surface area contributed by atoms with Crippen molar-refractivity contribution in [2.24, 2.45) is 4.99 Å². The Morgan fingerprint density at radius 2 is 1.88 bits per heavy atom. The fourth-order valence-corrected chi connectivity index (χ4v) is 5.16. The van der Waals surface area contributed by atoms with Crippen molar-refractivity contribution >= 4 is 33.5 Å². The average Bonchev–Trinajstić information content (AvgIpc) is 3.17. The minimum Gasteiger partial charge on any atom is -0.593 e. The van der Waals surface area contributed by atoms with Crippen LogP contribution in [0.3, 0.4) is 0 Å². The number of aryl methyl sites for hydroxylation is 1. The zero-order valence-corrected chi connectivity index (χ0v) is 19.4. The molecule has 3 N–H and O–H groups in total. The molecule has 34 heavy (non-hydrogen) atoms. The number of anilines is 2. The van der Waals surface area contributed by atoms with E-state index in [4.69, 9.17) is 10.1 Å². The number of para-hydroxylation sites is 2. The molecule has 1 fully saturated rings. The summed E-state index contributed by atoms with van der Waals surface area (Å²) in [7, 11) is 2.08. The van der Waals surface area contributed by atoms with Gasteiger partial charge >= 0.3 is 6.18 Å². The van der Waals surface area contributed by atoms with E-state index in [1.807, 2.05) is 36.4 Å². The Kier molecular flexibility index (Phi) is 5.95. The SMILES string of the molecule is CN1CCN(C2=Nc3ccccc3Nc3sc(C(F)(F)F)nc32)C[C@@H]1CCc1ccc([OH2+])cc1. The summed E-state index contributed by atoms with van der Waals surface area (Å²) in [6.07, 6.45) is -2.76. The van der Waals surface area contributed by atoms with Crippen LogP contribution in [-0.2, 0) is 12.6 Å². The second-order valence-corrected chi connectivity index (χ2v) is 9.59. The van der Waals surface area contributed by atoms with Crippen LogP contribution >= 0.6 is 11.3 Å². The van der Waals surface area contributed by atoms with Crippen LogP contribution < -0.4 is 5.32 Å². The van der Waals surface area contributed by atoms with E-state index in [2.05, 4.69) is 27.1 Å². The van der Waals surface area contributed by atoms with E-state index in [-0.39, 0.29) is 11.7 Å². The lowest BCUT2D eigenvalue weighted by Gasteiger charge is -2.40. The van der Waals surface area contributed by atoms with E-state index < -0.39 is 11.2 Å². The molecule has 0 radical (unpaired) electrons. The standard InChI is InChI=1S/C24H24F3N5OS/c1-31-12-13-32(14-16(31)9-6-15-7-10-17(33)11-8-15)21-20-22(34-23(30-20)24(25,26)27)29-19-5-3-2-4-18(19)28-21/h2-5,7-8,10-11,16,29,33H,6,9,12-14H2,1H3/p+1/t16-/m0/s1. The third-order valence-electron chi connectivity index (χ3n) is 6.26. The molecule has 0 unspecified atom stereocenters. The molecule has 1 atom stereocenters. The molecule has 1 saturated heterocycles. The summed E-state index contributed by atoms with van der Waals surface area (Å²) in [5.41, 5.74) is 2.77. The normalized spacial score (nSPS) is 18.5. The number of alkyl halides is 3.